The topological polar surface area (TPSA) is 299 Å². The van der Waals surface area contributed by atoms with Crippen LogP contribution >= 0.6 is 0 Å². The quantitative estimate of drug-likeness (QED) is 0.244. The fourth-order valence-electron chi connectivity index (χ4n) is 0. The van der Waals surface area contributed by atoms with Crippen LogP contribution in [0.1, 0.15) is 27.7 Å². The van der Waals surface area contributed by atoms with Crippen molar-refractivity contribution < 1.29 is 66.9 Å². The Labute approximate surface area is 192 Å². The molecule has 0 aromatic heterocycles. The van der Waals surface area contributed by atoms with Crippen LogP contribution < -0.4 is 17.2 Å². The third-order valence-electron chi connectivity index (χ3n) is 0.433. The van der Waals surface area contributed by atoms with Gasteiger partial charge in [0, 0.05) is 55.0 Å². The van der Waals surface area contributed by atoms with E-state index in [9.17, 15) is 0 Å². The van der Waals surface area contributed by atoms with E-state index in [4.69, 9.17) is 74.0 Å². The molecule has 0 bridgehead atoms. The fraction of sp³-hybridized carbons (Fsp3) is 0.714. The molecule has 0 unspecified atom stereocenters. The van der Waals surface area contributed by atoms with E-state index in [-0.39, 0.29) is 27.3 Å². The molecular formula is C14H37CdN6O8-3. The van der Waals surface area contributed by atoms with Gasteiger partial charge in [0.05, 0.1) is 0 Å². The molecule has 13 N–H and O–H groups in total. The molecule has 0 fully saturated rings. The predicted molar refractivity (Wildman–Crippen MR) is 108 cm³/mol. The van der Waals surface area contributed by atoms with Crippen molar-refractivity contribution in [1.29, 1.82) is 0 Å². The molecule has 14 nitrogen and oxygen atoms in total. The Bertz CT molecular complexity index is 247. The zero-order valence-corrected chi connectivity index (χ0v) is 21.6. The van der Waals surface area contributed by atoms with Crippen molar-refractivity contribution in [3.63, 3.8) is 0 Å². The first-order valence-corrected chi connectivity index (χ1v) is 7.50. The monoisotopic (exact) mass is 531 g/mol. The molecular weight excluding hydrogens is 493 g/mol. The third-order valence-corrected chi connectivity index (χ3v) is 0.433. The minimum atomic E-state index is -0.833. The number of aliphatic carboxylic acids is 4. The standard InChI is InChI=1S/3C2H7N2.4C2H4O2.Cd/c3*3-1-2-4;4*1-2(3)4;/h3*3H,1-2,4H2;4*1H3,(H,3,4);/q3*-1;;;;;. The molecule has 0 saturated carbocycles. The van der Waals surface area contributed by atoms with Crippen LogP contribution in [0.2, 0.25) is 0 Å². The molecule has 0 radical (unpaired) electrons. The molecule has 29 heavy (non-hydrogen) atoms. The molecule has 15 heteroatoms. The maximum Gasteiger partial charge on any atom is 0.300 e. The van der Waals surface area contributed by atoms with E-state index < -0.39 is 23.9 Å². The Hall–Kier alpha value is -1.44. The van der Waals surface area contributed by atoms with Gasteiger partial charge in [-0.15, -0.1) is 19.6 Å². The summed E-state index contributed by atoms with van der Waals surface area (Å²) in [4.78, 5) is 36.0. The van der Waals surface area contributed by atoms with Gasteiger partial charge in [0.25, 0.3) is 23.9 Å². The van der Waals surface area contributed by atoms with Gasteiger partial charge in [-0.2, -0.15) is 0 Å². The summed E-state index contributed by atoms with van der Waals surface area (Å²) in [5.74, 6) is -3.33. The van der Waals surface area contributed by atoms with Crippen LogP contribution in [0.4, 0.5) is 0 Å². The average molecular weight is 530 g/mol. The van der Waals surface area contributed by atoms with Crippen LogP contribution in [0, 0.1) is 0 Å². The summed E-state index contributed by atoms with van der Waals surface area (Å²) in [5, 5.41) is 29.7. The SMILES string of the molecule is CC(=O)O.CC(=O)O.CC(=O)O.CC(=O)O.[Cd].[NH-]CCN.[NH-]CCN.[NH-]CCN. The summed E-state index contributed by atoms with van der Waals surface area (Å²) in [7, 11) is 0. The van der Waals surface area contributed by atoms with E-state index in [0.29, 0.717) is 39.3 Å². The van der Waals surface area contributed by atoms with Gasteiger partial charge in [0.1, 0.15) is 0 Å². The second-order valence-corrected chi connectivity index (χ2v) is 3.69. The molecule has 0 rings (SSSR count). The van der Waals surface area contributed by atoms with Crippen LogP contribution in [-0.4, -0.2) is 83.6 Å². The van der Waals surface area contributed by atoms with Crippen molar-refractivity contribution in [2.45, 2.75) is 27.7 Å². The number of carbonyl (C=O) groups is 4. The molecule has 0 spiro atoms. The van der Waals surface area contributed by atoms with Gasteiger partial charge in [0.15, 0.2) is 0 Å². The minimum absolute atomic E-state index is 0. The first-order chi connectivity index (χ1) is 12.7. The van der Waals surface area contributed by atoms with Gasteiger partial charge in [0.2, 0.25) is 0 Å². The van der Waals surface area contributed by atoms with Crippen LogP contribution in [-0.2, 0) is 46.5 Å². The number of hydrogen-bond donors (Lipinski definition) is 7. The second kappa shape index (κ2) is 63.3. The molecule has 176 valence electrons. The number of nitrogens with one attached hydrogen (secondary N) is 3. The van der Waals surface area contributed by atoms with Crippen molar-refractivity contribution in [3.8, 4) is 0 Å². The maximum atomic E-state index is 9.00. The molecule has 0 heterocycles. The van der Waals surface area contributed by atoms with E-state index >= 15 is 0 Å². The molecule has 0 aromatic rings. The van der Waals surface area contributed by atoms with Crippen LogP contribution in [0.25, 0.3) is 17.2 Å². The number of carboxylic acids is 4. The first-order valence-electron chi connectivity index (χ1n) is 7.50. The fourth-order valence-corrected chi connectivity index (χ4v) is 0. The molecule has 0 atom stereocenters. The average Bonchev–Trinajstić information content (AvgIpc) is 2.53. The Kier molecular flexibility index (Phi) is 111. The number of carboxylic acid groups (broad SMARTS) is 4. The Morgan fingerprint density at radius 3 is 0.586 bits per heavy atom. The van der Waals surface area contributed by atoms with Crippen molar-refractivity contribution in [2.75, 3.05) is 39.3 Å². The third kappa shape index (κ3) is 6570. The van der Waals surface area contributed by atoms with Crippen LogP contribution in [0.15, 0.2) is 0 Å². The van der Waals surface area contributed by atoms with Gasteiger partial charge in [-0.3, -0.25) is 19.2 Å². The van der Waals surface area contributed by atoms with E-state index in [0.717, 1.165) is 27.7 Å². The summed E-state index contributed by atoms with van der Waals surface area (Å²) < 4.78 is 0. The Balaban J connectivity index is -0.0000000294. The van der Waals surface area contributed by atoms with Gasteiger partial charge in [-0.25, -0.2) is 0 Å². The van der Waals surface area contributed by atoms with Gasteiger partial charge < -0.3 is 54.8 Å². The second-order valence-electron chi connectivity index (χ2n) is 3.69. The van der Waals surface area contributed by atoms with Gasteiger partial charge in [-0.1, -0.05) is 0 Å². The van der Waals surface area contributed by atoms with Crippen molar-refractivity contribution in [3.05, 3.63) is 17.2 Å². The number of nitrogens with two attached hydrogens (primary N) is 3. The summed E-state index contributed by atoms with van der Waals surface area (Å²) >= 11 is 0. The Morgan fingerprint density at radius 1 is 0.552 bits per heavy atom. The van der Waals surface area contributed by atoms with E-state index in [1.165, 1.54) is 0 Å². The van der Waals surface area contributed by atoms with Crippen molar-refractivity contribution in [1.82, 2.24) is 0 Å². The molecule has 0 aliphatic carbocycles. The largest absolute Gasteiger partial charge is 0.676 e. The van der Waals surface area contributed by atoms with E-state index in [2.05, 4.69) is 0 Å². The summed E-state index contributed by atoms with van der Waals surface area (Å²) in [6, 6.07) is 0. The van der Waals surface area contributed by atoms with Crippen molar-refractivity contribution in [2.24, 2.45) is 17.2 Å². The number of hydrogen-bond acceptors (Lipinski definition) is 7. The summed E-state index contributed by atoms with van der Waals surface area (Å²) in [5.41, 5.74) is 33.5. The molecule has 0 aliphatic heterocycles. The number of rotatable bonds is 3. The van der Waals surface area contributed by atoms with Crippen LogP contribution in [0.3, 0.4) is 0 Å². The predicted octanol–water partition coefficient (Wildman–Crippen LogP) is 0.353. The van der Waals surface area contributed by atoms with E-state index in [1.807, 2.05) is 0 Å². The zero-order valence-electron chi connectivity index (χ0n) is 17.6. The zero-order chi connectivity index (χ0) is 24.6. The Morgan fingerprint density at radius 2 is 0.586 bits per heavy atom. The summed E-state index contributed by atoms with van der Waals surface area (Å²) in [6.45, 7) is 6.83. The molecule has 0 amide bonds. The van der Waals surface area contributed by atoms with Crippen LogP contribution in [0.5, 0.6) is 0 Å². The summed E-state index contributed by atoms with van der Waals surface area (Å²) in [6.07, 6.45) is 0. The molecule has 0 saturated heterocycles. The molecule has 0 aromatic carbocycles. The molecule has 0 aliphatic rings. The maximum absolute atomic E-state index is 9.00. The smallest absolute Gasteiger partial charge is 0.300 e. The van der Waals surface area contributed by atoms with Gasteiger partial charge in [-0.05, 0) is 19.6 Å². The normalized spacial score (nSPS) is 6.55. The van der Waals surface area contributed by atoms with Gasteiger partial charge >= 0.3 is 0 Å². The van der Waals surface area contributed by atoms with Crippen molar-refractivity contribution >= 4 is 23.9 Å². The minimum Gasteiger partial charge on any atom is -0.676 e. The van der Waals surface area contributed by atoms with E-state index in [1.54, 1.807) is 0 Å². The first kappa shape index (κ1) is 50.8.